The van der Waals surface area contributed by atoms with Gasteiger partial charge in [-0.15, -0.1) is 0 Å². The standard InChI is InChI=1S/C27H24N2O5/c1-16-4-10-21(17(2)14-16)29-26(30)24(18-5-8-20(32-3)9-6-18)25(27(29)31)28-19-7-11-22-23(15-19)34-13-12-33-22/h4-11,14-15,28H,12-13H2,1-3H3. The first-order valence-electron chi connectivity index (χ1n) is 11.0. The number of benzene rings is 3. The predicted molar refractivity (Wildman–Crippen MR) is 129 cm³/mol. The highest BCUT2D eigenvalue weighted by atomic mass is 16.6. The van der Waals surface area contributed by atoms with Crippen molar-refractivity contribution in [2.24, 2.45) is 0 Å². The highest BCUT2D eigenvalue weighted by molar-refractivity contribution is 6.46. The third-order valence-corrected chi connectivity index (χ3v) is 5.87. The molecule has 0 aromatic heterocycles. The topological polar surface area (TPSA) is 77.1 Å². The van der Waals surface area contributed by atoms with E-state index in [4.69, 9.17) is 14.2 Å². The van der Waals surface area contributed by atoms with E-state index in [0.29, 0.717) is 53.0 Å². The highest BCUT2D eigenvalue weighted by Gasteiger charge is 2.41. The number of aryl methyl sites for hydroxylation is 2. The van der Waals surface area contributed by atoms with Crippen LogP contribution in [0.3, 0.4) is 0 Å². The summed E-state index contributed by atoms with van der Waals surface area (Å²) in [4.78, 5) is 28.6. The van der Waals surface area contributed by atoms with E-state index in [1.807, 2.05) is 26.0 Å². The molecule has 3 aromatic carbocycles. The summed E-state index contributed by atoms with van der Waals surface area (Å²) in [6.45, 7) is 4.81. The van der Waals surface area contributed by atoms with Gasteiger partial charge in [-0.25, -0.2) is 4.90 Å². The van der Waals surface area contributed by atoms with Gasteiger partial charge in [0.1, 0.15) is 24.7 Å². The number of anilines is 2. The number of nitrogens with zero attached hydrogens (tertiary/aromatic N) is 1. The van der Waals surface area contributed by atoms with E-state index in [9.17, 15) is 9.59 Å². The number of carbonyl (C=O) groups excluding carboxylic acids is 2. The Morgan fingerprint density at radius 2 is 1.59 bits per heavy atom. The van der Waals surface area contributed by atoms with Crippen molar-refractivity contribution >= 4 is 28.8 Å². The minimum Gasteiger partial charge on any atom is -0.497 e. The van der Waals surface area contributed by atoms with Gasteiger partial charge in [0, 0.05) is 11.8 Å². The van der Waals surface area contributed by atoms with Crippen molar-refractivity contribution in [3.8, 4) is 17.2 Å². The molecule has 2 heterocycles. The molecular weight excluding hydrogens is 432 g/mol. The van der Waals surface area contributed by atoms with Crippen molar-refractivity contribution in [3.05, 3.63) is 83.1 Å². The smallest absolute Gasteiger partial charge is 0.282 e. The molecule has 5 rings (SSSR count). The van der Waals surface area contributed by atoms with Gasteiger partial charge in [-0.05, 0) is 55.3 Å². The van der Waals surface area contributed by atoms with E-state index >= 15 is 0 Å². The number of amides is 2. The molecule has 0 radical (unpaired) electrons. The molecule has 3 aromatic rings. The number of hydrogen-bond acceptors (Lipinski definition) is 6. The van der Waals surface area contributed by atoms with Crippen LogP contribution in [0.2, 0.25) is 0 Å². The summed E-state index contributed by atoms with van der Waals surface area (Å²) in [5.41, 5.74) is 4.19. The lowest BCUT2D eigenvalue weighted by molar-refractivity contribution is -0.120. The monoisotopic (exact) mass is 456 g/mol. The molecular formula is C27H24N2O5. The first-order chi connectivity index (χ1) is 16.5. The summed E-state index contributed by atoms with van der Waals surface area (Å²) in [5, 5.41) is 3.18. The van der Waals surface area contributed by atoms with E-state index in [1.54, 1.807) is 55.6 Å². The van der Waals surface area contributed by atoms with Gasteiger partial charge in [0.05, 0.1) is 18.4 Å². The quantitative estimate of drug-likeness (QED) is 0.571. The van der Waals surface area contributed by atoms with Gasteiger partial charge in [0.2, 0.25) is 0 Å². The van der Waals surface area contributed by atoms with E-state index in [1.165, 1.54) is 4.90 Å². The van der Waals surface area contributed by atoms with Gasteiger partial charge in [-0.2, -0.15) is 0 Å². The Labute approximate surface area is 197 Å². The number of methoxy groups -OCH3 is 1. The molecule has 1 N–H and O–H groups in total. The van der Waals surface area contributed by atoms with Crippen molar-refractivity contribution < 1.29 is 23.8 Å². The Morgan fingerprint density at radius 1 is 0.853 bits per heavy atom. The normalized spacial score (nSPS) is 15.1. The van der Waals surface area contributed by atoms with Gasteiger partial charge in [-0.1, -0.05) is 29.8 Å². The van der Waals surface area contributed by atoms with Gasteiger partial charge in [-0.3, -0.25) is 9.59 Å². The fourth-order valence-corrected chi connectivity index (χ4v) is 4.21. The molecule has 7 nitrogen and oxygen atoms in total. The van der Waals surface area contributed by atoms with Crippen LogP contribution in [0.15, 0.2) is 66.4 Å². The molecule has 0 spiro atoms. The summed E-state index contributed by atoms with van der Waals surface area (Å²) in [5.74, 6) is 1.09. The number of rotatable bonds is 5. The van der Waals surface area contributed by atoms with Crippen molar-refractivity contribution in [3.63, 3.8) is 0 Å². The summed E-state index contributed by atoms with van der Waals surface area (Å²) in [6.07, 6.45) is 0. The van der Waals surface area contributed by atoms with Crippen LogP contribution in [0, 0.1) is 13.8 Å². The molecule has 0 aliphatic carbocycles. The van der Waals surface area contributed by atoms with E-state index in [0.717, 1.165) is 11.1 Å². The van der Waals surface area contributed by atoms with E-state index in [-0.39, 0.29) is 11.6 Å². The molecule has 7 heteroatoms. The number of carbonyl (C=O) groups is 2. The summed E-state index contributed by atoms with van der Waals surface area (Å²) >= 11 is 0. The SMILES string of the molecule is COc1ccc(C2=C(Nc3ccc4c(c3)OCCO4)C(=O)N(c3ccc(C)cc3C)C2=O)cc1. The zero-order chi connectivity index (χ0) is 23.8. The highest BCUT2D eigenvalue weighted by Crippen LogP contribution is 2.38. The van der Waals surface area contributed by atoms with Crippen molar-refractivity contribution in [1.29, 1.82) is 0 Å². The molecule has 2 aliphatic heterocycles. The zero-order valence-electron chi connectivity index (χ0n) is 19.2. The van der Waals surface area contributed by atoms with Crippen LogP contribution in [0.5, 0.6) is 17.2 Å². The molecule has 0 atom stereocenters. The Bertz CT molecular complexity index is 1330. The Morgan fingerprint density at radius 3 is 2.29 bits per heavy atom. The Kier molecular flexibility index (Phi) is 5.45. The van der Waals surface area contributed by atoms with E-state index in [2.05, 4.69) is 5.32 Å². The molecule has 172 valence electrons. The molecule has 2 amide bonds. The fourth-order valence-electron chi connectivity index (χ4n) is 4.21. The van der Waals surface area contributed by atoms with Crippen molar-refractivity contribution in [2.45, 2.75) is 13.8 Å². The average Bonchev–Trinajstić information content (AvgIpc) is 3.08. The van der Waals surface area contributed by atoms with Gasteiger partial charge < -0.3 is 19.5 Å². The lowest BCUT2D eigenvalue weighted by Crippen LogP contribution is -2.33. The molecule has 2 aliphatic rings. The maximum Gasteiger partial charge on any atom is 0.282 e. The number of nitrogens with one attached hydrogen (secondary N) is 1. The maximum atomic E-state index is 13.7. The first kappa shape index (κ1) is 21.6. The molecule has 34 heavy (non-hydrogen) atoms. The molecule has 0 saturated heterocycles. The predicted octanol–water partition coefficient (Wildman–Crippen LogP) is 4.48. The largest absolute Gasteiger partial charge is 0.497 e. The third kappa shape index (κ3) is 3.75. The van der Waals surface area contributed by atoms with Crippen molar-refractivity contribution in [2.75, 3.05) is 30.5 Å². The van der Waals surface area contributed by atoms with Crippen LogP contribution in [0.25, 0.3) is 5.57 Å². The van der Waals surface area contributed by atoms with E-state index < -0.39 is 5.91 Å². The Hall–Kier alpha value is -4.26. The third-order valence-electron chi connectivity index (χ3n) is 5.87. The number of fused-ring (bicyclic) bond motifs is 1. The second kappa shape index (κ2) is 8.59. The van der Waals surface area contributed by atoms with Crippen LogP contribution in [-0.2, 0) is 9.59 Å². The van der Waals surface area contributed by atoms with Gasteiger partial charge in [0.25, 0.3) is 11.8 Å². The summed E-state index contributed by atoms with van der Waals surface area (Å²) in [6, 6.07) is 18.1. The minimum atomic E-state index is -0.419. The van der Waals surface area contributed by atoms with Gasteiger partial charge in [0.15, 0.2) is 11.5 Å². The number of hydrogen-bond donors (Lipinski definition) is 1. The minimum absolute atomic E-state index is 0.201. The second-order valence-corrected chi connectivity index (χ2v) is 8.20. The van der Waals surface area contributed by atoms with Gasteiger partial charge >= 0.3 is 0 Å². The van der Waals surface area contributed by atoms with Crippen LogP contribution in [0.4, 0.5) is 11.4 Å². The lowest BCUT2D eigenvalue weighted by atomic mass is 10.0. The fraction of sp³-hybridized carbons (Fsp3) is 0.185. The molecule has 0 bridgehead atoms. The summed E-state index contributed by atoms with van der Waals surface area (Å²) < 4.78 is 16.5. The summed E-state index contributed by atoms with van der Waals surface area (Å²) in [7, 11) is 1.58. The van der Waals surface area contributed by atoms with Crippen LogP contribution in [0.1, 0.15) is 16.7 Å². The maximum absolute atomic E-state index is 13.7. The lowest BCUT2D eigenvalue weighted by Gasteiger charge is -2.20. The molecule has 0 fully saturated rings. The van der Waals surface area contributed by atoms with Crippen LogP contribution in [-0.4, -0.2) is 32.1 Å². The number of ether oxygens (including phenoxy) is 3. The van der Waals surface area contributed by atoms with Crippen LogP contribution < -0.4 is 24.4 Å². The second-order valence-electron chi connectivity index (χ2n) is 8.20. The van der Waals surface area contributed by atoms with Crippen LogP contribution >= 0.6 is 0 Å². The molecule has 0 saturated carbocycles. The first-order valence-corrected chi connectivity index (χ1v) is 11.0. The Balaban J connectivity index is 1.59. The van der Waals surface area contributed by atoms with Crippen molar-refractivity contribution in [1.82, 2.24) is 0 Å². The average molecular weight is 456 g/mol. The number of imide groups is 1. The molecule has 0 unspecified atom stereocenters. The zero-order valence-corrected chi connectivity index (χ0v) is 19.2.